The van der Waals surface area contributed by atoms with Crippen molar-refractivity contribution in [2.24, 2.45) is 0 Å². The van der Waals surface area contributed by atoms with Gasteiger partial charge in [-0.1, -0.05) is 44.2 Å². The molecule has 1 aliphatic heterocycles. The van der Waals surface area contributed by atoms with E-state index in [9.17, 15) is 0 Å². The highest BCUT2D eigenvalue weighted by Crippen LogP contribution is 2.72. The molecule has 76 valence electrons. The lowest BCUT2D eigenvalue weighted by Gasteiger charge is -2.25. The summed E-state index contributed by atoms with van der Waals surface area (Å²) in [5.74, 6) is 0. The predicted octanol–water partition coefficient (Wildman–Crippen LogP) is 3.66. The Hall–Kier alpha value is -0.390. The van der Waals surface area contributed by atoms with E-state index >= 15 is 0 Å². The van der Waals surface area contributed by atoms with Crippen molar-refractivity contribution < 1.29 is 0 Å². The molecule has 1 aromatic rings. The maximum atomic E-state index is 3.61. The number of benzene rings is 1. The van der Waals surface area contributed by atoms with Crippen LogP contribution >= 0.6 is 8.07 Å². The Labute approximate surface area is 87.7 Å². The molecule has 1 aromatic carbocycles. The van der Waals surface area contributed by atoms with Crippen LogP contribution in [0.1, 0.15) is 33.3 Å². The van der Waals surface area contributed by atoms with Crippen molar-refractivity contribution in [3.05, 3.63) is 35.9 Å². The van der Waals surface area contributed by atoms with E-state index < -0.39 is 0 Å². The molecular formula is C12H18NP. The molecule has 1 aliphatic rings. The first-order valence-corrected chi connectivity index (χ1v) is 6.42. The highest BCUT2D eigenvalue weighted by molar-refractivity contribution is 7.65. The predicted molar refractivity (Wildman–Crippen MR) is 63.6 cm³/mol. The Bertz CT molecular complexity index is 329. The van der Waals surface area contributed by atoms with E-state index in [4.69, 9.17) is 0 Å². The molecule has 0 radical (unpaired) electrons. The molecule has 0 aromatic heterocycles. The number of hydrogen-bond donors (Lipinski definition) is 1. The molecule has 0 spiro atoms. The van der Waals surface area contributed by atoms with Crippen LogP contribution in [-0.2, 0) is 5.16 Å². The number of hydrogen-bond acceptors (Lipinski definition) is 1. The molecule has 1 unspecified atom stereocenters. The van der Waals surface area contributed by atoms with Crippen LogP contribution in [-0.4, -0.2) is 5.28 Å². The van der Waals surface area contributed by atoms with Crippen molar-refractivity contribution in [2.45, 2.75) is 38.1 Å². The van der Waals surface area contributed by atoms with Crippen molar-refractivity contribution in [1.29, 1.82) is 0 Å². The molecule has 14 heavy (non-hydrogen) atoms. The molecule has 2 rings (SSSR count). The topological polar surface area (TPSA) is 21.9 Å². The van der Waals surface area contributed by atoms with Gasteiger partial charge in [0.2, 0.25) is 0 Å². The maximum Gasteiger partial charge on any atom is 0.0501 e. The normalized spacial score (nSPS) is 24.7. The number of rotatable bonds is 2. The average Bonchev–Trinajstić information content (AvgIpc) is 2.78. The Morgan fingerprint density at radius 2 is 1.64 bits per heavy atom. The third kappa shape index (κ3) is 1.60. The van der Waals surface area contributed by atoms with Gasteiger partial charge in [0.05, 0.1) is 5.28 Å². The van der Waals surface area contributed by atoms with Gasteiger partial charge >= 0.3 is 0 Å². The van der Waals surface area contributed by atoms with E-state index in [2.05, 4.69) is 63.1 Å². The third-order valence-corrected chi connectivity index (χ3v) is 6.10. The molecule has 1 nitrogen and oxygen atoms in total. The van der Waals surface area contributed by atoms with Crippen molar-refractivity contribution >= 4 is 8.07 Å². The van der Waals surface area contributed by atoms with Crippen molar-refractivity contribution in [1.82, 2.24) is 5.09 Å². The molecule has 1 N–H and O–H groups in total. The smallest absolute Gasteiger partial charge is 0.0501 e. The zero-order valence-corrected chi connectivity index (χ0v) is 10.2. The Morgan fingerprint density at radius 3 is 2.07 bits per heavy atom. The second kappa shape index (κ2) is 3.05. The SMILES string of the molecule is CC1(C)NP1C(C)(C)c1ccccc1. The molecule has 0 saturated carbocycles. The van der Waals surface area contributed by atoms with Crippen LogP contribution in [0, 0.1) is 0 Å². The summed E-state index contributed by atoms with van der Waals surface area (Å²) in [4.78, 5) is 0. The van der Waals surface area contributed by atoms with Gasteiger partial charge in [0, 0.05) is 5.16 Å². The van der Waals surface area contributed by atoms with Crippen LogP contribution in [0.5, 0.6) is 0 Å². The lowest BCUT2D eigenvalue weighted by Crippen LogP contribution is -2.12. The minimum absolute atomic E-state index is 0.0633. The Kier molecular flexibility index (Phi) is 2.21. The van der Waals surface area contributed by atoms with Crippen LogP contribution in [0.3, 0.4) is 0 Å². The van der Waals surface area contributed by atoms with E-state index in [0.717, 1.165) is 0 Å². The number of nitrogens with one attached hydrogen (secondary N) is 1. The summed E-state index contributed by atoms with van der Waals surface area (Å²) in [5, 5.41) is 4.27. The summed E-state index contributed by atoms with van der Waals surface area (Å²) in [6.45, 7) is 9.28. The largest absolute Gasteiger partial charge is 0.283 e. The van der Waals surface area contributed by atoms with Gasteiger partial charge in [-0.2, -0.15) is 0 Å². The molecule has 1 fully saturated rings. The van der Waals surface area contributed by atoms with Crippen LogP contribution in [0.2, 0.25) is 0 Å². The lowest BCUT2D eigenvalue weighted by molar-refractivity contribution is 0.759. The van der Waals surface area contributed by atoms with Crippen LogP contribution in [0.15, 0.2) is 30.3 Å². The van der Waals surface area contributed by atoms with Gasteiger partial charge in [0.25, 0.3) is 0 Å². The van der Waals surface area contributed by atoms with Gasteiger partial charge < -0.3 is 0 Å². The minimum atomic E-state index is -0.0633. The van der Waals surface area contributed by atoms with E-state index in [0.29, 0.717) is 10.4 Å². The van der Waals surface area contributed by atoms with Crippen molar-refractivity contribution in [3.63, 3.8) is 0 Å². The van der Waals surface area contributed by atoms with Crippen LogP contribution in [0.25, 0.3) is 0 Å². The summed E-state index contributed by atoms with van der Waals surface area (Å²) in [7, 11) is -0.0633. The van der Waals surface area contributed by atoms with E-state index in [1.54, 1.807) is 0 Å². The fraction of sp³-hybridized carbons (Fsp3) is 0.500. The van der Waals surface area contributed by atoms with Gasteiger partial charge in [-0.15, -0.1) is 0 Å². The summed E-state index contributed by atoms with van der Waals surface area (Å²) in [5.41, 5.74) is 1.45. The van der Waals surface area contributed by atoms with E-state index in [-0.39, 0.29) is 8.07 Å². The maximum absolute atomic E-state index is 3.61. The fourth-order valence-electron chi connectivity index (χ4n) is 2.06. The molecule has 1 atom stereocenters. The molecular weight excluding hydrogens is 189 g/mol. The Balaban J connectivity index is 2.26. The first-order valence-electron chi connectivity index (χ1n) is 5.08. The monoisotopic (exact) mass is 207 g/mol. The second-order valence-electron chi connectivity index (χ2n) is 4.93. The first kappa shape index (κ1) is 10.1. The van der Waals surface area contributed by atoms with Gasteiger partial charge in [0.15, 0.2) is 0 Å². The molecule has 1 saturated heterocycles. The van der Waals surface area contributed by atoms with Gasteiger partial charge in [-0.3, -0.25) is 5.09 Å². The first-order chi connectivity index (χ1) is 6.44. The van der Waals surface area contributed by atoms with Gasteiger partial charge in [0.1, 0.15) is 0 Å². The van der Waals surface area contributed by atoms with Crippen LogP contribution < -0.4 is 5.09 Å². The molecule has 0 amide bonds. The van der Waals surface area contributed by atoms with Crippen molar-refractivity contribution in [3.8, 4) is 0 Å². The quantitative estimate of drug-likeness (QED) is 0.580. The molecule has 1 heterocycles. The van der Waals surface area contributed by atoms with Gasteiger partial charge in [-0.05, 0) is 27.5 Å². The van der Waals surface area contributed by atoms with Crippen LogP contribution in [0.4, 0.5) is 0 Å². The highest BCUT2D eigenvalue weighted by atomic mass is 31.1. The minimum Gasteiger partial charge on any atom is -0.283 e. The standard InChI is InChI=1S/C12H18NP/c1-11(2,14-12(3,4)13-14)10-8-6-5-7-9-10/h5-9,13H,1-4H3. The summed E-state index contributed by atoms with van der Waals surface area (Å²) in [6.07, 6.45) is 0. The second-order valence-corrected chi connectivity index (χ2v) is 8.06. The molecule has 2 heteroatoms. The molecule has 0 bridgehead atoms. The fourth-order valence-corrected chi connectivity index (χ4v) is 4.79. The summed E-state index contributed by atoms with van der Waals surface area (Å²) < 4.78 is 0. The molecule has 0 aliphatic carbocycles. The summed E-state index contributed by atoms with van der Waals surface area (Å²) >= 11 is 0. The zero-order valence-electron chi connectivity index (χ0n) is 9.33. The summed E-state index contributed by atoms with van der Waals surface area (Å²) in [6, 6.07) is 10.8. The average molecular weight is 207 g/mol. The highest BCUT2D eigenvalue weighted by Gasteiger charge is 2.53. The Morgan fingerprint density at radius 1 is 1.14 bits per heavy atom. The zero-order chi connectivity index (χ0) is 10.4. The van der Waals surface area contributed by atoms with Crippen molar-refractivity contribution in [2.75, 3.05) is 0 Å². The lowest BCUT2D eigenvalue weighted by atomic mass is 10.0. The van der Waals surface area contributed by atoms with E-state index in [1.165, 1.54) is 5.56 Å². The van der Waals surface area contributed by atoms with E-state index in [1.807, 2.05) is 0 Å². The third-order valence-electron chi connectivity index (χ3n) is 2.93. The van der Waals surface area contributed by atoms with Gasteiger partial charge in [-0.25, -0.2) is 0 Å².